The van der Waals surface area contributed by atoms with Crippen LogP contribution in [0.15, 0.2) is 11.6 Å². The number of nitrogens with zero attached hydrogens (tertiary/aromatic N) is 1. The molecule has 0 aromatic rings. The van der Waals surface area contributed by atoms with E-state index in [1.54, 1.807) is 19.9 Å². The molecule has 106 valence electrons. The molecule has 5 heteroatoms. The highest BCUT2D eigenvalue weighted by Gasteiger charge is 2.32. The van der Waals surface area contributed by atoms with Crippen LogP contribution in [0.2, 0.25) is 0 Å². The Labute approximate surface area is 114 Å². The third-order valence-corrected chi connectivity index (χ3v) is 3.03. The van der Waals surface area contributed by atoms with E-state index in [4.69, 9.17) is 0 Å². The largest absolute Gasteiger partial charge is 0.355 e. The predicted octanol–water partition coefficient (Wildman–Crippen LogP) is 1.10. The molecule has 1 rings (SSSR count). The van der Waals surface area contributed by atoms with Gasteiger partial charge in [0.15, 0.2) is 0 Å². The van der Waals surface area contributed by atoms with Gasteiger partial charge in [-0.3, -0.25) is 19.3 Å². The van der Waals surface area contributed by atoms with Gasteiger partial charge in [0, 0.05) is 18.7 Å². The van der Waals surface area contributed by atoms with Gasteiger partial charge in [-0.25, -0.2) is 0 Å². The summed E-state index contributed by atoms with van der Waals surface area (Å²) in [6.45, 7) is 8.51. The maximum absolute atomic E-state index is 11.9. The highest BCUT2D eigenvalue weighted by atomic mass is 16.2. The van der Waals surface area contributed by atoms with Gasteiger partial charge in [0.2, 0.25) is 11.8 Å². The van der Waals surface area contributed by atoms with Gasteiger partial charge in [0.05, 0.1) is 12.3 Å². The van der Waals surface area contributed by atoms with Crippen LogP contribution < -0.4 is 5.32 Å². The lowest BCUT2D eigenvalue weighted by atomic mass is 10.1. The normalized spacial score (nSPS) is 19.4. The summed E-state index contributed by atoms with van der Waals surface area (Å²) >= 11 is 0. The van der Waals surface area contributed by atoms with Crippen molar-refractivity contribution in [2.45, 2.75) is 34.1 Å². The Hall–Kier alpha value is -1.65. The van der Waals surface area contributed by atoms with Crippen molar-refractivity contribution in [1.82, 2.24) is 10.2 Å². The van der Waals surface area contributed by atoms with Gasteiger partial charge in [0.25, 0.3) is 5.91 Å². The summed E-state index contributed by atoms with van der Waals surface area (Å²) in [6.07, 6.45) is 1.71. The quantitative estimate of drug-likeness (QED) is 0.598. The molecule has 1 heterocycles. The number of nitrogens with one attached hydrogen (secondary N) is 1. The zero-order valence-electron chi connectivity index (χ0n) is 12.0. The van der Waals surface area contributed by atoms with Crippen molar-refractivity contribution in [3.63, 3.8) is 0 Å². The molecule has 0 radical (unpaired) electrons. The smallest absolute Gasteiger partial charge is 0.256 e. The summed E-state index contributed by atoms with van der Waals surface area (Å²) in [6, 6.07) is 0. The fraction of sp³-hybridized carbons (Fsp3) is 0.643. The van der Waals surface area contributed by atoms with Crippen LogP contribution in [0.3, 0.4) is 0 Å². The van der Waals surface area contributed by atoms with Gasteiger partial charge >= 0.3 is 0 Å². The van der Waals surface area contributed by atoms with Crippen molar-refractivity contribution in [2.24, 2.45) is 11.8 Å². The van der Waals surface area contributed by atoms with E-state index in [0.29, 0.717) is 24.6 Å². The molecule has 0 aromatic heterocycles. The van der Waals surface area contributed by atoms with E-state index in [1.165, 1.54) is 4.90 Å². The molecular formula is C14H22N2O3. The summed E-state index contributed by atoms with van der Waals surface area (Å²) in [5.41, 5.74) is 0.430. The van der Waals surface area contributed by atoms with Crippen LogP contribution in [-0.2, 0) is 14.4 Å². The van der Waals surface area contributed by atoms with E-state index >= 15 is 0 Å². The van der Waals surface area contributed by atoms with E-state index in [2.05, 4.69) is 5.32 Å². The molecule has 5 nitrogen and oxygen atoms in total. The van der Waals surface area contributed by atoms with E-state index < -0.39 is 5.92 Å². The van der Waals surface area contributed by atoms with Gasteiger partial charge in [0.1, 0.15) is 0 Å². The molecule has 1 atom stereocenters. The Morgan fingerprint density at radius 1 is 1.37 bits per heavy atom. The fourth-order valence-electron chi connectivity index (χ4n) is 1.91. The van der Waals surface area contributed by atoms with Crippen molar-refractivity contribution >= 4 is 17.7 Å². The van der Waals surface area contributed by atoms with Crippen LogP contribution in [0, 0.1) is 11.8 Å². The van der Waals surface area contributed by atoms with Crippen molar-refractivity contribution in [2.75, 3.05) is 13.1 Å². The van der Waals surface area contributed by atoms with E-state index in [0.717, 1.165) is 0 Å². The number of imide groups is 1. The minimum Gasteiger partial charge on any atom is -0.355 e. The Balaban J connectivity index is 2.67. The summed E-state index contributed by atoms with van der Waals surface area (Å²) in [5, 5.41) is 2.81. The molecule has 0 aliphatic carbocycles. The summed E-state index contributed by atoms with van der Waals surface area (Å²) in [5.74, 6) is -0.586. The second-order valence-corrected chi connectivity index (χ2v) is 5.24. The molecule has 0 saturated carbocycles. The van der Waals surface area contributed by atoms with Crippen LogP contribution in [0.4, 0.5) is 0 Å². The SMILES string of the molecule is CCN1C(=O)C/C(=C\C(C)C(=O)NCC(C)C)C1=O. The average molecular weight is 266 g/mol. The molecular weight excluding hydrogens is 244 g/mol. The maximum atomic E-state index is 11.9. The first-order valence-corrected chi connectivity index (χ1v) is 6.69. The lowest BCUT2D eigenvalue weighted by Gasteiger charge is -2.11. The lowest BCUT2D eigenvalue weighted by Crippen LogP contribution is -2.32. The lowest BCUT2D eigenvalue weighted by molar-refractivity contribution is -0.137. The van der Waals surface area contributed by atoms with Gasteiger partial charge < -0.3 is 5.32 Å². The predicted molar refractivity (Wildman–Crippen MR) is 72.1 cm³/mol. The molecule has 1 aliphatic rings. The highest BCUT2D eigenvalue weighted by molar-refractivity contribution is 6.13. The summed E-state index contributed by atoms with van der Waals surface area (Å²) < 4.78 is 0. The first-order valence-electron chi connectivity index (χ1n) is 6.69. The topological polar surface area (TPSA) is 66.5 Å². The molecule has 3 amide bonds. The van der Waals surface area contributed by atoms with Gasteiger partial charge in [-0.1, -0.05) is 26.8 Å². The van der Waals surface area contributed by atoms with E-state index in [1.807, 2.05) is 13.8 Å². The number of carbonyl (C=O) groups is 3. The fourth-order valence-corrected chi connectivity index (χ4v) is 1.91. The number of rotatable bonds is 5. The Morgan fingerprint density at radius 3 is 2.47 bits per heavy atom. The molecule has 1 aliphatic heterocycles. The molecule has 1 unspecified atom stereocenters. The molecule has 0 aromatic carbocycles. The molecule has 1 fully saturated rings. The number of amides is 3. The average Bonchev–Trinajstić information content (AvgIpc) is 2.60. The number of likely N-dealkylation sites (tertiary alicyclic amines) is 1. The number of carbonyl (C=O) groups excluding carboxylic acids is 3. The van der Waals surface area contributed by atoms with Crippen molar-refractivity contribution in [3.8, 4) is 0 Å². The first kappa shape index (κ1) is 15.4. The van der Waals surface area contributed by atoms with Crippen LogP contribution in [0.25, 0.3) is 0 Å². The van der Waals surface area contributed by atoms with Gasteiger partial charge in [-0.2, -0.15) is 0 Å². The molecule has 1 saturated heterocycles. The van der Waals surface area contributed by atoms with Gasteiger partial charge in [-0.05, 0) is 12.8 Å². The van der Waals surface area contributed by atoms with Crippen LogP contribution in [0.1, 0.15) is 34.1 Å². The van der Waals surface area contributed by atoms with E-state index in [-0.39, 0.29) is 24.1 Å². The molecule has 0 spiro atoms. The Morgan fingerprint density at radius 2 is 2.00 bits per heavy atom. The minimum atomic E-state index is -0.401. The number of hydrogen-bond acceptors (Lipinski definition) is 3. The standard InChI is InChI=1S/C14H22N2O3/c1-5-16-12(17)7-11(14(16)19)6-10(4)13(18)15-8-9(2)3/h6,9-10H,5,7-8H2,1-4H3,(H,15,18)/b11-6+. The Bertz CT molecular complexity index is 413. The number of likely N-dealkylation sites (N-methyl/N-ethyl adjacent to an activating group) is 1. The van der Waals surface area contributed by atoms with E-state index in [9.17, 15) is 14.4 Å². The first-order chi connectivity index (χ1) is 8.86. The number of hydrogen-bond donors (Lipinski definition) is 1. The minimum absolute atomic E-state index is 0.106. The second kappa shape index (κ2) is 6.50. The van der Waals surface area contributed by atoms with Crippen LogP contribution in [-0.4, -0.2) is 35.7 Å². The molecule has 0 bridgehead atoms. The monoisotopic (exact) mass is 266 g/mol. The van der Waals surface area contributed by atoms with Crippen molar-refractivity contribution in [1.29, 1.82) is 0 Å². The van der Waals surface area contributed by atoms with Crippen LogP contribution in [0.5, 0.6) is 0 Å². The molecule has 19 heavy (non-hydrogen) atoms. The third-order valence-electron chi connectivity index (χ3n) is 3.03. The van der Waals surface area contributed by atoms with Crippen molar-refractivity contribution in [3.05, 3.63) is 11.6 Å². The zero-order valence-corrected chi connectivity index (χ0v) is 12.0. The summed E-state index contributed by atoms with van der Waals surface area (Å²) in [7, 11) is 0. The zero-order chi connectivity index (χ0) is 14.6. The highest BCUT2D eigenvalue weighted by Crippen LogP contribution is 2.20. The van der Waals surface area contributed by atoms with Crippen LogP contribution >= 0.6 is 0 Å². The van der Waals surface area contributed by atoms with Gasteiger partial charge in [-0.15, -0.1) is 0 Å². The third kappa shape index (κ3) is 3.91. The Kier molecular flexibility index (Phi) is 5.27. The summed E-state index contributed by atoms with van der Waals surface area (Å²) in [4.78, 5) is 36.5. The molecule has 1 N–H and O–H groups in total. The maximum Gasteiger partial charge on any atom is 0.256 e. The second-order valence-electron chi connectivity index (χ2n) is 5.24. The van der Waals surface area contributed by atoms with Crippen molar-refractivity contribution < 1.29 is 14.4 Å².